The average Bonchev–Trinajstić information content (AvgIpc) is 2.65. The lowest BCUT2D eigenvalue weighted by Gasteiger charge is -2.10. The molecule has 1 heterocycles. The Hall–Kier alpha value is -2.10. The number of cyclic esters (lactones) is 1. The molecule has 94 valence electrons. The second-order valence-electron chi connectivity index (χ2n) is 4.36. The van der Waals surface area contributed by atoms with E-state index in [2.05, 4.69) is 0 Å². The summed E-state index contributed by atoms with van der Waals surface area (Å²) >= 11 is 0. The van der Waals surface area contributed by atoms with E-state index in [1.807, 2.05) is 19.1 Å². The number of hydrogen-bond donors (Lipinski definition) is 0. The van der Waals surface area contributed by atoms with Crippen molar-refractivity contribution in [1.82, 2.24) is 0 Å². The number of benzene rings is 1. The van der Waals surface area contributed by atoms with Crippen molar-refractivity contribution in [2.75, 3.05) is 4.90 Å². The van der Waals surface area contributed by atoms with Crippen molar-refractivity contribution < 1.29 is 14.3 Å². The Morgan fingerprint density at radius 1 is 1.17 bits per heavy atom. The number of carbonyl (C=O) groups is 2. The van der Waals surface area contributed by atoms with Gasteiger partial charge in [0.2, 0.25) is 0 Å². The zero-order valence-electron chi connectivity index (χ0n) is 10.7. The highest BCUT2D eigenvalue weighted by Crippen LogP contribution is 2.26. The van der Waals surface area contributed by atoms with Crippen LogP contribution in [0.5, 0.6) is 0 Å². The Morgan fingerprint density at radius 3 is 2.22 bits per heavy atom. The van der Waals surface area contributed by atoms with Gasteiger partial charge >= 0.3 is 12.0 Å². The first-order valence-electron chi connectivity index (χ1n) is 5.87. The van der Waals surface area contributed by atoms with Gasteiger partial charge in [-0.2, -0.15) is 0 Å². The van der Waals surface area contributed by atoms with E-state index in [0.717, 1.165) is 16.9 Å². The lowest BCUT2D eigenvalue weighted by Crippen LogP contribution is -2.28. The SMILES string of the molecule is CCc1ccc(N2C(=O)OC(=C(C)C)C2=O)cc1. The second kappa shape index (κ2) is 4.64. The van der Waals surface area contributed by atoms with Crippen LogP contribution in [0.2, 0.25) is 0 Å². The van der Waals surface area contributed by atoms with Crippen LogP contribution in [-0.2, 0) is 16.0 Å². The van der Waals surface area contributed by atoms with Gasteiger partial charge < -0.3 is 4.74 Å². The number of amides is 2. The molecule has 18 heavy (non-hydrogen) atoms. The summed E-state index contributed by atoms with van der Waals surface area (Å²) in [6.07, 6.45) is 0.276. The van der Waals surface area contributed by atoms with E-state index in [1.165, 1.54) is 0 Å². The Morgan fingerprint density at radius 2 is 1.78 bits per heavy atom. The molecule has 0 N–H and O–H groups in total. The Balaban J connectivity index is 2.36. The molecular formula is C14H15NO3. The van der Waals surface area contributed by atoms with Crippen molar-refractivity contribution >= 4 is 17.7 Å². The molecule has 0 aliphatic carbocycles. The number of imide groups is 1. The van der Waals surface area contributed by atoms with Crippen molar-refractivity contribution in [1.29, 1.82) is 0 Å². The van der Waals surface area contributed by atoms with Crippen molar-refractivity contribution in [2.24, 2.45) is 0 Å². The third-order valence-corrected chi connectivity index (χ3v) is 2.83. The first-order chi connectivity index (χ1) is 8.54. The van der Waals surface area contributed by atoms with Crippen LogP contribution >= 0.6 is 0 Å². The van der Waals surface area contributed by atoms with Crippen LogP contribution in [0.1, 0.15) is 26.3 Å². The van der Waals surface area contributed by atoms with Gasteiger partial charge in [0, 0.05) is 0 Å². The van der Waals surface area contributed by atoms with Gasteiger partial charge in [-0.25, -0.2) is 9.69 Å². The van der Waals surface area contributed by atoms with Gasteiger partial charge in [0.15, 0.2) is 5.76 Å². The zero-order valence-corrected chi connectivity index (χ0v) is 10.7. The van der Waals surface area contributed by atoms with Crippen LogP contribution in [0.4, 0.5) is 10.5 Å². The van der Waals surface area contributed by atoms with E-state index in [4.69, 9.17) is 4.74 Å². The molecular weight excluding hydrogens is 230 g/mol. The molecule has 2 rings (SSSR count). The second-order valence-corrected chi connectivity index (χ2v) is 4.36. The molecule has 0 spiro atoms. The lowest BCUT2D eigenvalue weighted by molar-refractivity contribution is -0.114. The quantitative estimate of drug-likeness (QED) is 0.752. The molecule has 0 unspecified atom stereocenters. The van der Waals surface area contributed by atoms with Crippen molar-refractivity contribution in [3.63, 3.8) is 0 Å². The van der Waals surface area contributed by atoms with E-state index in [0.29, 0.717) is 11.3 Å². The Bertz CT molecular complexity index is 524. The van der Waals surface area contributed by atoms with Gasteiger partial charge in [0.25, 0.3) is 0 Å². The van der Waals surface area contributed by atoms with Crippen LogP contribution in [0, 0.1) is 0 Å². The van der Waals surface area contributed by atoms with Gasteiger partial charge in [0.05, 0.1) is 5.69 Å². The van der Waals surface area contributed by atoms with Crippen molar-refractivity contribution in [3.05, 3.63) is 41.2 Å². The fourth-order valence-electron chi connectivity index (χ4n) is 1.78. The van der Waals surface area contributed by atoms with E-state index < -0.39 is 12.0 Å². The predicted molar refractivity (Wildman–Crippen MR) is 68.2 cm³/mol. The molecule has 4 heteroatoms. The number of ether oxygens (including phenoxy) is 1. The lowest BCUT2D eigenvalue weighted by atomic mass is 10.1. The molecule has 2 amide bonds. The third-order valence-electron chi connectivity index (χ3n) is 2.83. The summed E-state index contributed by atoms with van der Waals surface area (Å²) in [5, 5.41) is 0. The molecule has 0 atom stereocenters. The molecule has 1 aliphatic heterocycles. The summed E-state index contributed by atoms with van der Waals surface area (Å²) < 4.78 is 4.98. The van der Waals surface area contributed by atoms with Gasteiger partial charge in [-0.05, 0) is 43.5 Å². The molecule has 0 saturated carbocycles. The minimum absolute atomic E-state index is 0.125. The van der Waals surface area contributed by atoms with E-state index >= 15 is 0 Å². The zero-order chi connectivity index (χ0) is 13.3. The first-order valence-corrected chi connectivity index (χ1v) is 5.87. The van der Waals surface area contributed by atoms with Crippen LogP contribution in [0.3, 0.4) is 0 Å². The van der Waals surface area contributed by atoms with Gasteiger partial charge in [-0.1, -0.05) is 19.1 Å². The highest BCUT2D eigenvalue weighted by molar-refractivity contribution is 6.23. The molecule has 1 fully saturated rings. The van der Waals surface area contributed by atoms with E-state index in [-0.39, 0.29) is 5.76 Å². The smallest absolute Gasteiger partial charge is 0.404 e. The maximum atomic E-state index is 12.0. The molecule has 4 nitrogen and oxygen atoms in total. The van der Waals surface area contributed by atoms with Crippen molar-refractivity contribution in [3.8, 4) is 0 Å². The van der Waals surface area contributed by atoms with Crippen LogP contribution < -0.4 is 4.90 Å². The number of nitrogens with zero attached hydrogens (tertiary/aromatic N) is 1. The summed E-state index contributed by atoms with van der Waals surface area (Å²) in [6, 6.07) is 7.31. The molecule has 1 aliphatic rings. The Labute approximate surface area is 106 Å². The monoisotopic (exact) mass is 245 g/mol. The van der Waals surface area contributed by atoms with Gasteiger partial charge in [-0.15, -0.1) is 0 Å². The fraction of sp³-hybridized carbons (Fsp3) is 0.286. The van der Waals surface area contributed by atoms with Crippen LogP contribution in [0.25, 0.3) is 0 Å². The number of hydrogen-bond acceptors (Lipinski definition) is 3. The molecule has 1 saturated heterocycles. The van der Waals surface area contributed by atoms with Crippen LogP contribution in [-0.4, -0.2) is 12.0 Å². The fourth-order valence-corrected chi connectivity index (χ4v) is 1.78. The summed E-state index contributed by atoms with van der Waals surface area (Å²) in [4.78, 5) is 24.8. The van der Waals surface area contributed by atoms with Gasteiger partial charge in [0.1, 0.15) is 0 Å². The third kappa shape index (κ3) is 2.01. The normalized spacial score (nSPS) is 15.1. The maximum Gasteiger partial charge on any atom is 0.427 e. The van der Waals surface area contributed by atoms with Gasteiger partial charge in [-0.3, -0.25) is 4.79 Å². The van der Waals surface area contributed by atoms with Crippen LogP contribution in [0.15, 0.2) is 35.6 Å². The molecule has 0 radical (unpaired) electrons. The number of carbonyl (C=O) groups excluding carboxylic acids is 2. The Kier molecular flexibility index (Phi) is 3.19. The predicted octanol–water partition coefficient (Wildman–Crippen LogP) is 3.03. The summed E-state index contributed by atoms with van der Waals surface area (Å²) in [5.41, 5.74) is 2.39. The standard InChI is InChI=1S/C14H15NO3/c1-4-10-5-7-11(8-6-10)15-13(16)12(9(2)3)18-14(15)17/h5-8H,4H2,1-3H3. The largest absolute Gasteiger partial charge is 0.427 e. The molecule has 0 bridgehead atoms. The number of anilines is 1. The summed E-state index contributed by atoms with van der Waals surface area (Å²) in [7, 11) is 0. The average molecular weight is 245 g/mol. The first kappa shape index (κ1) is 12.4. The number of allylic oxidation sites excluding steroid dienone is 1. The summed E-state index contributed by atoms with van der Waals surface area (Å²) in [6.45, 7) is 5.53. The summed E-state index contributed by atoms with van der Waals surface area (Å²) in [5.74, 6) is -0.274. The van der Waals surface area contributed by atoms with E-state index in [1.54, 1.807) is 26.0 Å². The highest BCUT2D eigenvalue weighted by Gasteiger charge is 2.38. The topological polar surface area (TPSA) is 46.6 Å². The number of aryl methyl sites for hydroxylation is 1. The van der Waals surface area contributed by atoms with E-state index in [9.17, 15) is 9.59 Å². The molecule has 1 aromatic carbocycles. The minimum atomic E-state index is -0.638. The van der Waals surface area contributed by atoms with Crippen molar-refractivity contribution in [2.45, 2.75) is 27.2 Å². The minimum Gasteiger partial charge on any atom is -0.404 e. The number of rotatable bonds is 2. The highest BCUT2D eigenvalue weighted by atomic mass is 16.6. The molecule has 0 aromatic heterocycles. The molecule has 1 aromatic rings. The maximum absolute atomic E-state index is 12.0.